The molecule has 0 rings (SSSR count). The molecule has 0 N–H and O–H groups in total. The van der Waals surface area contributed by atoms with E-state index in [4.69, 9.17) is 9.47 Å². The molecule has 0 heterocycles. The summed E-state index contributed by atoms with van der Waals surface area (Å²) in [5.74, 6) is 0.119. The van der Waals surface area contributed by atoms with Gasteiger partial charge < -0.3 is 9.47 Å². The average molecular weight is 216 g/mol. The molecular weight excluding hydrogens is 192 g/mol. The summed E-state index contributed by atoms with van der Waals surface area (Å²) in [6.07, 6.45) is 4.27. The largest absolute Gasteiger partial charge is 0.352 e. The van der Waals surface area contributed by atoms with E-state index in [0.29, 0.717) is 19.6 Å². The lowest BCUT2D eigenvalue weighted by atomic mass is 10.3. The lowest BCUT2D eigenvalue weighted by Gasteiger charge is -2.17. The Morgan fingerprint density at radius 3 is 1.87 bits per heavy atom. The van der Waals surface area contributed by atoms with E-state index in [0.717, 1.165) is 25.7 Å². The molecule has 0 fully saturated rings. The van der Waals surface area contributed by atoms with Crippen molar-refractivity contribution in [1.29, 1.82) is 0 Å². The van der Waals surface area contributed by atoms with Gasteiger partial charge in [0.25, 0.3) is 0 Å². The molecule has 0 atom stereocenters. The summed E-state index contributed by atoms with van der Waals surface area (Å²) >= 11 is 0. The van der Waals surface area contributed by atoms with Gasteiger partial charge in [-0.15, -0.1) is 0 Å². The van der Waals surface area contributed by atoms with Gasteiger partial charge >= 0.3 is 0 Å². The minimum Gasteiger partial charge on any atom is -0.352 e. The van der Waals surface area contributed by atoms with Crippen LogP contribution in [0.2, 0.25) is 0 Å². The molecule has 0 aromatic heterocycles. The van der Waals surface area contributed by atoms with Crippen LogP contribution in [0, 0.1) is 0 Å². The summed E-state index contributed by atoms with van der Waals surface area (Å²) in [6, 6.07) is 0. The number of carbonyl (C=O) groups excluding carboxylic acids is 1. The van der Waals surface area contributed by atoms with Crippen LogP contribution in [0.3, 0.4) is 0 Å². The predicted molar refractivity (Wildman–Crippen MR) is 60.8 cm³/mol. The van der Waals surface area contributed by atoms with Crippen LogP contribution in [-0.4, -0.2) is 25.3 Å². The first-order chi connectivity index (χ1) is 7.20. The quantitative estimate of drug-likeness (QED) is 0.416. The van der Waals surface area contributed by atoms with Crippen LogP contribution < -0.4 is 0 Å². The summed E-state index contributed by atoms with van der Waals surface area (Å²) in [7, 11) is 0. The van der Waals surface area contributed by atoms with Crippen LogP contribution in [0.5, 0.6) is 0 Å². The SMILES string of the molecule is CCCCOC(CC(C)=O)OCCCC. The molecule has 0 aliphatic rings. The number of carbonyl (C=O) groups is 1. The Balaban J connectivity index is 3.68. The van der Waals surface area contributed by atoms with Gasteiger partial charge in [-0.05, 0) is 19.8 Å². The third-order valence-electron chi connectivity index (χ3n) is 2.06. The summed E-state index contributed by atoms with van der Waals surface area (Å²) < 4.78 is 11.0. The maximum absolute atomic E-state index is 11.0. The van der Waals surface area contributed by atoms with Gasteiger partial charge in [-0.25, -0.2) is 0 Å². The van der Waals surface area contributed by atoms with Crippen molar-refractivity contribution < 1.29 is 14.3 Å². The zero-order valence-corrected chi connectivity index (χ0v) is 10.3. The van der Waals surface area contributed by atoms with E-state index in [1.807, 2.05) is 0 Å². The second-order valence-corrected chi connectivity index (χ2v) is 3.78. The summed E-state index contributed by atoms with van der Waals surface area (Å²) in [5.41, 5.74) is 0. The van der Waals surface area contributed by atoms with Crippen molar-refractivity contribution in [3.8, 4) is 0 Å². The molecule has 3 heteroatoms. The molecule has 0 aliphatic heterocycles. The van der Waals surface area contributed by atoms with E-state index in [-0.39, 0.29) is 12.1 Å². The van der Waals surface area contributed by atoms with Gasteiger partial charge in [-0.3, -0.25) is 4.79 Å². The Hall–Kier alpha value is -0.410. The molecule has 0 unspecified atom stereocenters. The molecule has 0 saturated heterocycles. The summed E-state index contributed by atoms with van der Waals surface area (Å²) in [6.45, 7) is 7.16. The van der Waals surface area contributed by atoms with E-state index >= 15 is 0 Å². The first-order valence-corrected chi connectivity index (χ1v) is 5.93. The monoisotopic (exact) mass is 216 g/mol. The van der Waals surface area contributed by atoms with Crippen molar-refractivity contribution in [2.75, 3.05) is 13.2 Å². The van der Waals surface area contributed by atoms with Gasteiger partial charge in [0.1, 0.15) is 5.78 Å². The fraction of sp³-hybridized carbons (Fsp3) is 0.917. The Bertz CT molecular complexity index is 147. The number of ether oxygens (including phenoxy) is 2. The molecule has 0 saturated carbocycles. The smallest absolute Gasteiger partial charge is 0.164 e. The fourth-order valence-electron chi connectivity index (χ4n) is 1.12. The van der Waals surface area contributed by atoms with Crippen LogP contribution in [0.4, 0.5) is 0 Å². The minimum absolute atomic E-state index is 0.119. The van der Waals surface area contributed by atoms with Crippen LogP contribution in [0.15, 0.2) is 0 Å². The maximum Gasteiger partial charge on any atom is 0.164 e. The van der Waals surface area contributed by atoms with Gasteiger partial charge in [0.05, 0.1) is 6.42 Å². The lowest BCUT2D eigenvalue weighted by Crippen LogP contribution is -2.21. The summed E-state index contributed by atoms with van der Waals surface area (Å²) in [5, 5.41) is 0. The molecule has 0 aromatic carbocycles. The Kier molecular flexibility index (Phi) is 9.84. The fourth-order valence-corrected chi connectivity index (χ4v) is 1.12. The van der Waals surface area contributed by atoms with Gasteiger partial charge in [0.2, 0.25) is 0 Å². The molecule has 3 nitrogen and oxygen atoms in total. The van der Waals surface area contributed by atoms with Crippen molar-refractivity contribution in [2.24, 2.45) is 0 Å². The second-order valence-electron chi connectivity index (χ2n) is 3.78. The van der Waals surface area contributed by atoms with Crippen molar-refractivity contribution >= 4 is 5.78 Å². The molecule has 90 valence electrons. The van der Waals surface area contributed by atoms with Crippen molar-refractivity contribution in [3.63, 3.8) is 0 Å². The highest BCUT2D eigenvalue weighted by molar-refractivity contribution is 5.75. The zero-order chi connectivity index (χ0) is 11.5. The first kappa shape index (κ1) is 14.6. The molecule has 0 radical (unpaired) electrons. The minimum atomic E-state index is -0.333. The number of hydrogen-bond acceptors (Lipinski definition) is 3. The number of rotatable bonds is 10. The first-order valence-electron chi connectivity index (χ1n) is 5.93. The highest BCUT2D eigenvalue weighted by Gasteiger charge is 2.11. The predicted octanol–water partition coefficient (Wildman–Crippen LogP) is 2.93. The third kappa shape index (κ3) is 9.88. The second kappa shape index (κ2) is 10.1. The molecule has 0 aromatic rings. The van der Waals surface area contributed by atoms with E-state index in [1.165, 1.54) is 0 Å². The molecular formula is C12H24O3. The molecule has 0 bridgehead atoms. The highest BCUT2D eigenvalue weighted by atomic mass is 16.7. The van der Waals surface area contributed by atoms with Gasteiger partial charge in [-0.2, -0.15) is 0 Å². The van der Waals surface area contributed by atoms with Gasteiger partial charge in [-0.1, -0.05) is 26.7 Å². The lowest BCUT2D eigenvalue weighted by molar-refractivity contribution is -0.155. The Morgan fingerprint density at radius 1 is 1.07 bits per heavy atom. The Morgan fingerprint density at radius 2 is 1.53 bits per heavy atom. The Labute approximate surface area is 93.1 Å². The van der Waals surface area contributed by atoms with Crippen molar-refractivity contribution in [2.45, 2.75) is 59.2 Å². The average Bonchev–Trinajstić information content (AvgIpc) is 2.17. The topological polar surface area (TPSA) is 35.5 Å². The standard InChI is InChI=1S/C12H24O3/c1-4-6-8-14-12(10-11(3)13)15-9-7-5-2/h12H,4-10H2,1-3H3. The van der Waals surface area contributed by atoms with Crippen LogP contribution in [-0.2, 0) is 14.3 Å². The summed E-state index contributed by atoms with van der Waals surface area (Å²) in [4.78, 5) is 11.0. The number of ketones is 1. The van der Waals surface area contributed by atoms with Crippen LogP contribution >= 0.6 is 0 Å². The molecule has 0 aliphatic carbocycles. The van der Waals surface area contributed by atoms with Gasteiger partial charge in [0.15, 0.2) is 6.29 Å². The third-order valence-corrected chi connectivity index (χ3v) is 2.06. The van der Waals surface area contributed by atoms with Crippen LogP contribution in [0.1, 0.15) is 52.9 Å². The number of Topliss-reactive ketones (excluding diaryl/α,β-unsaturated/α-hetero) is 1. The molecule has 15 heavy (non-hydrogen) atoms. The van der Waals surface area contributed by atoms with E-state index < -0.39 is 0 Å². The highest BCUT2D eigenvalue weighted by Crippen LogP contribution is 2.05. The molecule has 0 spiro atoms. The van der Waals surface area contributed by atoms with E-state index in [2.05, 4.69) is 13.8 Å². The van der Waals surface area contributed by atoms with E-state index in [9.17, 15) is 4.79 Å². The number of unbranched alkanes of at least 4 members (excludes halogenated alkanes) is 2. The number of hydrogen-bond donors (Lipinski definition) is 0. The maximum atomic E-state index is 11.0. The van der Waals surface area contributed by atoms with Crippen molar-refractivity contribution in [3.05, 3.63) is 0 Å². The van der Waals surface area contributed by atoms with E-state index in [1.54, 1.807) is 6.92 Å². The zero-order valence-electron chi connectivity index (χ0n) is 10.3. The normalized spacial score (nSPS) is 10.9. The van der Waals surface area contributed by atoms with Crippen molar-refractivity contribution in [1.82, 2.24) is 0 Å². The van der Waals surface area contributed by atoms with Gasteiger partial charge in [0, 0.05) is 13.2 Å². The van der Waals surface area contributed by atoms with Crippen LogP contribution in [0.25, 0.3) is 0 Å². The molecule has 0 amide bonds.